The summed E-state index contributed by atoms with van der Waals surface area (Å²) < 4.78 is 29.2. The molecular weight excluding hydrogens is 384 g/mol. The van der Waals surface area contributed by atoms with E-state index in [4.69, 9.17) is 0 Å². The number of anilines is 1. The zero-order valence-electron chi connectivity index (χ0n) is 16.0. The highest BCUT2D eigenvalue weighted by Gasteiger charge is 2.29. The molecule has 0 radical (unpaired) electrons. The highest BCUT2D eigenvalue weighted by atomic mass is 32.2. The molecule has 0 spiro atoms. The normalized spacial score (nSPS) is 16.9. The van der Waals surface area contributed by atoms with Gasteiger partial charge in [-0.15, -0.1) is 0 Å². The quantitative estimate of drug-likeness (QED) is 0.650. The number of carbonyl (C=O) groups excluding carboxylic acids is 1. The minimum absolute atomic E-state index is 0.117. The molecule has 0 saturated carbocycles. The van der Waals surface area contributed by atoms with Crippen molar-refractivity contribution in [3.63, 3.8) is 0 Å². The van der Waals surface area contributed by atoms with Gasteiger partial charge < -0.3 is 5.32 Å². The molecule has 0 fully saturated rings. The lowest BCUT2D eigenvalue weighted by Crippen LogP contribution is -2.30. The van der Waals surface area contributed by atoms with Gasteiger partial charge in [-0.05, 0) is 48.2 Å². The molecule has 4 rings (SSSR count). The summed E-state index contributed by atoms with van der Waals surface area (Å²) in [4.78, 5) is 12.0. The zero-order valence-corrected chi connectivity index (χ0v) is 16.8. The standard InChI is InChI=1S/C23H22N2O3S/c1-16-20-15-19(12-13-21(20)24-23(16)26)29(27,28)25-22(18-10-6-3-7-11-18)14-17-8-4-2-5-9-17/h2-13,15-16,22,25H,14H2,1H3,(H,24,26)/t16-,22-/m0/s1. The van der Waals surface area contributed by atoms with Crippen LogP contribution >= 0.6 is 0 Å². The van der Waals surface area contributed by atoms with E-state index in [-0.39, 0.29) is 16.7 Å². The summed E-state index contributed by atoms with van der Waals surface area (Å²) in [6.07, 6.45) is 0.533. The number of nitrogens with one attached hydrogen (secondary N) is 2. The molecule has 5 nitrogen and oxygen atoms in total. The Morgan fingerprint density at radius 2 is 1.62 bits per heavy atom. The first-order valence-electron chi connectivity index (χ1n) is 9.50. The maximum Gasteiger partial charge on any atom is 0.241 e. The lowest BCUT2D eigenvalue weighted by molar-refractivity contribution is -0.116. The van der Waals surface area contributed by atoms with Gasteiger partial charge in [-0.25, -0.2) is 13.1 Å². The van der Waals surface area contributed by atoms with E-state index in [0.717, 1.165) is 11.1 Å². The molecule has 0 aromatic heterocycles. The molecule has 29 heavy (non-hydrogen) atoms. The first kappa shape index (κ1) is 19.4. The molecule has 0 saturated heterocycles. The number of amides is 1. The average Bonchev–Trinajstić information content (AvgIpc) is 3.02. The molecule has 1 aliphatic rings. The van der Waals surface area contributed by atoms with Crippen LogP contribution in [0.2, 0.25) is 0 Å². The fraction of sp³-hybridized carbons (Fsp3) is 0.174. The topological polar surface area (TPSA) is 75.3 Å². The van der Waals surface area contributed by atoms with Gasteiger partial charge in [0.05, 0.1) is 16.9 Å². The van der Waals surface area contributed by atoms with Gasteiger partial charge in [0.2, 0.25) is 15.9 Å². The lowest BCUT2D eigenvalue weighted by Gasteiger charge is -2.20. The minimum Gasteiger partial charge on any atom is -0.325 e. The molecule has 0 bridgehead atoms. The Morgan fingerprint density at radius 1 is 0.966 bits per heavy atom. The summed E-state index contributed by atoms with van der Waals surface area (Å²) in [6.45, 7) is 1.77. The Labute approximate surface area is 170 Å². The first-order valence-corrected chi connectivity index (χ1v) is 11.0. The van der Waals surface area contributed by atoms with E-state index in [0.29, 0.717) is 17.7 Å². The van der Waals surface area contributed by atoms with Gasteiger partial charge in [0, 0.05) is 5.69 Å². The van der Waals surface area contributed by atoms with Gasteiger partial charge in [-0.3, -0.25) is 4.79 Å². The second-order valence-corrected chi connectivity index (χ2v) is 8.95. The largest absolute Gasteiger partial charge is 0.325 e. The monoisotopic (exact) mass is 406 g/mol. The first-order chi connectivity index (χ1) is 13.9. The number of carbonyl (C=O) groups is 1. The second-order valence-electron chi connectivity index (χ2n) is 7.23. The van der Waals surface area contributed by atoms with Crippen LogP contribution in [0.1, 0.15) is 35.6 Å². The van der Waals surface area contributed by atoms with E-state index in [9.17, 15) is 13.2 Å². The maximum atomic E-state index is 13.2. The number of benzene rings is 3. The molecule has 0 unspecified atom stereocenters. The van der Waals surface area contributed by atoms with Crippen LogP contribution in [-0.2, 0) is 21.2 Å². The van der Waals surface area contributed by atoms with Crippen molar-refractivity contribution in [1.82, 2.24) is 4.72 Å². The molecule has 2 N–H and O–H groups in total. The molecule has 1 aliphatic heterocycles. The van der Waals surface area contributed by atoms with Gasteiger partial charge in [-0.1, -0.05) is 60.7 Å². The van der Waals surface area contributed by atoms with Crippen molar-refractivity contribution in [2.75, 3.05) is 5.32 Å². The number of hydrogen-bond acceptors (Lipinski definition) is 3. The number of fused-ring (bicyclic) bond motifs is 1. The van der Waals surface area contributed by atoms with Crippen LogP contribution in [0, 0.1) is 0 Å². The Kier molecular flexibility index (Phi) is 5.22. The molecule has 1 heterocycles. The fourth-order valence-corrected chi connectivity index (χ4v) is 4.84. The van der Waals surface area contributed by atoms with E-state index in [1.54, 1.807) is 19.1 Å². The van der Waals surface area contributed by atoms with Crippen LogP contribution in [0.5, 0.6) is 0 Å². The average molecular weight is 407 g/mol. The Hall–Kier alpha value is -2.96. The van der Waals surface area contributed by atoms with Crippen LogP contribution in [0.15, 0.2) is 83.8 Å². The highest BCUT2D eigenvalue weighted by molar-refractivity contribution is 7.89. The third-order valence-electron chi connectivity index (χ3n) is 5.23. The smallest absolute Gasteiger partial charge is 0.241 e. The van der Waals surface area contributed by atoms with Crippen LogP contribution < -0.4 is 10.0 Å². The zero-order chi connectivity index (χ0) is 20.4. The summed E-state index contributed by atoms with van der Waals surface area (Å²) in [5, 5.41) is 2.77. The molecule has 148 valence electrons. The SMILES string of the molecule is C[C@@H]1C(=O)Nc2ccc(S(=O)(=O)N[C@@H](Cc3ccccc3)c3ccccc3)cc21. The van der Waals surface area contributed by atoms with E-state index in [1.165, 1.54) is 6.07 Å². The lowest BCUT2D eigenvalue weighted by atomic mass is 10.00. The predicted molar refractivity (Wildman–Crippen MR) is 113 cm³/mol. The molecule has 6 heteroatoms. The van der Waals surface area contributed by atoms with Crippen molar-refractivity contribution in [1.29, 1.82) is 0 Å². The highest BCUT2D eigenvalue weighted by Crippen LogP contribution is 2.34. The predicted octanol–water partition coefficient (Wildman–Crippen LogP) is 4.00. The second kappa shape index (κ2) is 7.81. The van der Waals surface area contributed by atoms with Gasteiger partial charge in [-0.2, -0.15) is 0 Å². The van der Waals surface area contributed by atoms with Gasteiger partial charge in [0.1, 0.15) is 0 Å². The fourth-order valence-electron chi connectivity index (χ4n) is 3.58. The summed E-state index contributed by atoms with van der Waals surface area (Å²) in [5.41, 5.74) is 3.32. The van der Waals surface area contributed by atoms with Crippen LogP contribution in [0.4, 0.5) is 5.69 Å². The Bertz CT molecular complexity index is 1130. The van der Waals surface area contributed by atoms with Crippen molar-refractivity contribution >= 4 is 21.6 Å². The van der Waals surface area contributed by atoms with Crippen LogP contribution in [0.3, 0.4) is 0 Å². The third kappa shape index (κ3) is 4.09. The van der Waals surface area contributed by atoms with Gasteiger partial charge in [0.25, 0.3) is 0 Å². The molecule has 3 aromatic rings. The van der Waals surface area contributed by atoms with Crippen molar-refractivity contribution in [3.05, 3.63) is 95.6 Å². The molecular formula is C23H22N2O3S. The Morgan fingerprint density at radius 3 is 2.31 bits per heavy atom. The van der Waals surface area contributed by atoms with Gasteiger partial charge in [0.15, 0.2) is 0 Å². The number of rotatable bonds is 6. The van der Waals surface area contributed by atoms with E-state index < -0.39 is 16.1 Å². The number of hydrogen-bond donors (Lipinski definition) is 2. The molecule has 0 aliphatic carbocycles. The summed E-state index contributed by atoms with van der Waals surface area (Å²) in [7, 11) is -3.78. The summed E-state index contributed by atoms with van der Waals surface area (Å²) in [6, 6.07) is 23.7. The van der Waals surface area contributed by atoms with Crippen LogP contribution in [-0.4, -0.2) is 14.3 Å². The van der Waals surface area contributed by atoms with Crippen molar-refractivity contribution in [2.24, 2.45) is 0 Å². The molecule has 2 atom stereocenters. The number of sulfonamides is 1. The van der Waals surface area contributed by atoms with Crippen molar-refractivity contribution in [2.45, 2.75) is 30.2 Å². The Balaban J connectivity index is 1.66. The summed E-state index contributed by atoms with van der Waals surface area (Å²) >= 11 is 0. The molecule has 1 amide bonds. The molecule has 3 aromatic carbocycles. The van der Waals surface area contributed by atoms with E-state index in [2.05, 4.69) is 10.0 Å². The third-order valence-corrected chi connectivity index (χ3v) is 6.70. The van der Waals surface area contributed by atoms with Gasteiger partial charge >= 0.3 is 0 Å². The summed E-state index contributed by atoms with van der Waals surface area (Å²) in [5.74, 6) is -0.483. The maximum absolute atomic E-state index is 13.2. The van der Waals surface area contributed by atoms with E-state index >= 15 is 0 Å². The van der Waals surface area contributed by atoms with Crippen LogP contribution in [0.25, 0.3) is 0 Å². The van der Waals surface area contributed by atoms with E-state index in [1.807, 2.05) is 60.7 Å². The van der Waals surface area contributed by atoms with Crippen molar-refractivity contribution in [3.8, 4) is 0 Å². The van der Waals surface area contributed by atoms with Crippen molar-refractivity contribution < 1.29 is 13.2 Å². The minimum atomic E-state index is -3.78.